The predicted octanol–water partition coefficient (Wildman–Crippen LogP) is 0.549. The maximum Gasteiger partial charge on any atom is 0.334 e. The summed E-state index contributed by atoms with van der Waals surface area (Å²) in [4.78, 5) is 35.1. The summed E-state index contributed by atoms with van der Waals surface area (Å²) in [6.45, 7) is -1.08. The Balaban J connectivity index is 2.68. The second-order valence-electron chi connectivity index (χ2n) is 2.91. The third-order valence-corrected chi connectivity index (χ3v) is 1.84. The lowest BCUT2D eigenvalue weighted by Crippen LogP contribution is -2.13. The molecule has 0 spiro atoms. The summed E-state index contributed by atoms with van der Waals surface area (Å²) in [7, 11) is 1.39. The van der Waals surface area contributed by atoms with Gasteiger partial charge in [-0.2, -0.15) is 4.91 Å². The largest absolute Gasteiger partial charge is 0.493 e. The number of ether oxygens (including phenoxy) is 3. The molecule has 0 atom stereocenters. The highest BCUT2D eigenvalue weighted by atomic mass is 16.7. The van der Waals surface area contributed by atoms with Crippen molar-refractivity contribution in [2.75, 3.05) is 20.4 Å². The normalized spacial score (nSPS) is 9.39. The molecule has 0 saturated carbocycles. The molecule has 0 aliphatic rings. The van der Waals surface area contributed by atoms with Crippen LogP contribution in [0.1, 0.15) is 10.5 Å². The monoisotopic (exact) mass is 254 g/mol. The van der Waals surface area contributed by atoms with Gasteiger partial charge in [0.1, 0.15) is 5.69 Å². The third-order valence-electron chi connectivity index (χ3n) is 1.84. The highest BCUT2D eigenvalue weighted by Crippen LogP contribution is 2.28. The van der Waals surface area contributed by atoms with Crippen LogP contribution in [0.2, 0.25) is 0 Å². The second kappa shape index (κ2) is 6.94. The van der Waals surface area contributed by atoms with Crippen molar-refractivity contribution in [3.8, 4) is 11.5 Å². The van der Waals surface area contributed by atoms with E-state index in [2.05, 4.69) is 14.9 Å². The van der Waals surface area contributed by atoms with E-state index in [4.69, 9.17) is 9.47 Å². The Morgan fingerprint density at radius 3 is 2.94 bits per heavy atom. The first-order valence-corrected chi connectivity index (χ1v) is 4.78. The first kappa shape index (κ1) is 13.6. The fraction of sp³-hybridized carbons (Fsp3) is 0.300. The fourth-order valence-corrected chi connectivity index (χ4v) is 1.09. The van der Waals surface area contributed by atoms with E-state index in [1.807, 2.05) is 0 Å². The molecular weight excluding hydrogens is 244 g/mol. The minimum absolute atomic E-state index is 0.0129. The van der Waals surface area contributed by atoms with Crippen molar-refractivity contribution < 1.29 is 23.8 Å². The van der Waals surface area contributed by atoms with Gasteiger partial charge in [-0.15, -0.1) is 0 Å². The van der Waals surface area contributed by atoms with Gasteiger partial charge in [0.15, 0.2) is 24.3 Å². The van der Waals surface area contributed by atoms with Crippen LogP contribution < -0.4 is 9.47 Å². The zero-order valence-electron chi connectivity index (χ0n) is 9.49. The minimum Gasteiger partial charge on any atom is -0.493 e. The number of carbonyl (C=O) groups excluding carboxylic acids is 2. The van der Waals surface area contributed by atoms with Crippen molar-refractivity contribution in [2.24, 2.45) is 5.18 Å². The highest BCUT2D eigenvalue weighted by molar-refractivity contribution is 5.78. The Kier molecular flexibility index (Phi) is 5.23. The van der Waals surface area contributed by atoms with Crippen LogP contribution in [0, 0.1) is 4.91 Å². The quantitative estimate of drug-likeness (QED) is 0.303. The molecule has 1 aromatic heterocycles. The van der Waals surface area contributed by atoms with Gasteiger partial charge >= 0.3 is 5.97 Å². The smallest absolute Gasteiger partial charge is 0.334 e. The number of nitrogens with zero attached hydrogens (tertiary/aromatic N) is 2. The molecule has 96 valence electrons. The fourth-order valence-electron chi connectivity index (χ4n) is 1.09. The Hall–Kier alpha value is -2.51. The molecule has 0 fully saturated rings. The molecule has 18 heavy (non-hydrogen) atoms. The average Bonchev–Trinajstić information content (AvgIpc) is 2.39. The number of aldehydes is 1. The van der Waals surface area contributed by atoms with E-state index in [9.17, 15) is 14.5 Å². The maximum atomic E-state index is 10.8. The van der Waals surface area contributed by atoms with Gasteiger partial charge in [0, 0.05) is 12.3 Å². The van der Waals surface area contributed by atoms with Crippen LogP contribution in [0.3, 0.4) is 0 Å². The number of rotatable bonds is 7. The summed E-state index contributed by atoms with van der Waals surface area (Å²) in [6, 6.07) is 1.48. The summed E-state index contributed by atoms with van der Waals surface area (Å²) < 4.78 is 14.6. The van der Waals surface area contributed by atoms with Gasteiger partial charge in [0.2, 0.25) is 6.79 Å². The molecule has 0 N–H and O–H groups in total. The number of aromatic nitrogens is 1. The van der Waals surface area contributed by atoms with Crippen molar-refractivity contribution in [1.29, 1.82) is 0 Å². The lowest BCUT2D eigenvalue weighted by molar-refractivity contribution is -0.148. The molecule has 1 rings (SSSR count). The molecule has 0 unspecified atom stereocenters. The molecule has 0 amide bonds. The molecule has 1 heterocycles. The second-order valence-corrected chi connectivity index (χ2v) is 2.91. The molecule has 0 radical (unpaired) electrons. The van der Waals surface area contributed by atoms with E-state index in [1.165, 1.54) is 19.4 Å². The SMILES string of the molecule is COc1ccnc(C=O)c1OCOC(=O)CN=O. The van der Waals surface area contributed by atoms with Crippen LogP contribution >= 0.6 is 0 Å². The lowest BCUT2D eigenvalue weighted by Gasteiger charge is -2.11. The van der Waals surface area contributed by atoms with Gasteiger partial charge in [0.25, 0.3) is 0 Å². The highest BCUT2D eigenvalue weighted by Gasteiger charge is 2.12. The van der Waals surface area contributed by atoms with E-state index in [-0.39, 0.29) is 17.2 Å². The van der Waals surface area contributed by atoms with Gasteiger partial charge in [0.05, 0.1) is 7.11 Å². The lowest BCUT2D eigenvalue weighted by atomic mass is 10.3. The summed E-state index contributed by atoms with van der Waals surface area (Å²) >= 11 is 0. The van der Waals surface area contributed by atoms with E-state index in [0.29, 0.717) is 6.29 Å². The summed E-state index contributed by atoms with van der Waals surface area (Å²) in [5.74, 6) is -0.501. The van der Waals surface area contributed by atoms with Gasteiger partial charge in [-0.1, -0.05) is 5.18 Å². The predicted molar refractivity (Wildman–Crippen MR) is 58.4 cm³/mol. The molecule has 0 aliphatic heterocycles. The molecule has 1 aromatic rings. The molecule has 0 aromatic carbocycles. The van der Waals surface area contributed by atoms with Crippen LogP contribution in [0.25, 0.3) is 0 Å². The van der Waals surface area contributed by atoms with Crippen molar-refractivity contribution in [3.05, 3.63) is 22.9 Å². The number of methoxy groups -OCH3 is 1. The summed E-state index contributed by atoms with van der Waals surface area (Å²) in [6.07, 6.45) is 1.85. The van der Waals surface area contributed by atoms with Crippen molar-refractivity contribution in [1.82, 2.24) is 4.98 Å². The number of pyridine rings is 1. The van der Waals surface area contributed by atoms with Crippen LogP contribution in [0.15, 0.2) is 17.4 Å². The van der Waals surface area contributed by atoms with Crippen molar-refractivity contribution in [2.45, 2.75) is 0 Å². The first-order valence-electron chi connectivity index (χ1n) is 4.78. The van der Waals surface area contributed by atoms with Crippen LogP contribution in [0.5, 0.6) is 11.5 Å². The Bertz CT molecular complexity index is 448. The Labute approximate surface area is 102 Å². The number of hydrogen-bond acceptors (Lipinski definition) is 8. The van der Waals surface area contributed by atoms with Gasteiger partial charge in [-0.3, -0.25) is 4.79 Å². The van der Waals surface area contributed by atoms with Gasteiger partial charge < -0.3 is 14.2 Å². The Morgan fingerprint density at radius 1 is 1.56 bits per heavy atom. The van der Waals surface area contributed by atoms with Gasteiger partial charge in [-0.05, 0) is 0 Å². The summed E-state index contributed by atoms with van der Waals surface area (Å²) in [5, 5.41) is 2.36. The zero-order valence-corrected chi connectivity index (χ0v) is 9.49. The van der Waals surface area contributed by atoms with E-state index >= 15 is 0 Å². The molecule has 0 saturated heterocycles. The maximum absolute atomic E-state index is 10.8. The topological polar surface area (TPSA) is 104 Å². The number of carbonyl (C=O) groups is 2. The van der Waals surface area contributed by atoms with E-state index in [1.54, 1.807) is 0 Å². The van der Waals surface area contributed by atoms with Gasteiger partial charge in [-0.25, -0.2) is 9.78 Å². The summed E-state index contributed by atoms with van der Waals surface area (Å²) in [5.41, 5.74) is 0.0129. The van der Waals surface area contributed by atoms with Crippen LogP contribution in [-0.4, -0.2) is 37.7 Å². The van der Waals surface area contributed by atoms with Crippen LogP contribution in [0.4, 0.5) is 0 Å². The van der Waals surface area contributed by atoms with Crippen LogP contribution in [-0.2, 0) is 9.53 Å². The molecule has 8 heteroatoms. The molecule has 0 aliphatic carbocycles. The first-order chi connectivity index (χ1) is 8.72. The Morgan fingerprint density at radius 2 is 2.33 bits per heavy atom. The zero-order chi connectivity index (χ0) is 13.4. The van der Waals surface area contributed by atoms with Crippen molar-refractivity contribution in [3.63, 3.8) is 0 Å². The molecule has 8 nitrogen and oxygen atoms in total. The molecular formula is C10H10N2O6. The van der Waals surface area contributed by atoms with E-state index < -0.39 is 19.3 Å². The third kappa shape index (κ3) is 3.51. The van der Waals surface area contributed by atoms with E-state index in [0.717, 1.165) is 0 Å². The molecule has 0 bridgehead atoms. The number of hydrogen-bond donors (Lipinski definition) is 0. The minimum atomic E-state index is -0.833. The van der Waals surface area contributed by atoms with Crippen molar-refractivity contribution >= 4 is 12.3 Å². The standard InChI is InChI=1S/C10H10N2O6/c1-16-8-2-3-11-7(5-13)10(8)18-6-17-9(14)4-12-15/h2-3,5H,4,6H2,1H3. The number of esters is 1. The number of nitroso groups, excluding NO2 is 1. The average molecular weight is 254 g/mol.